The average Bonchev–Trinajstić information content (AvgIpc) is 2.69. The summed E-state index contributed by atoms with van der Waals surface area (Å²) in [4.78, 5) is 19.4. The van der Waals surface area contributed by atoms with Crippen LogP contribution in [0, 0.1) is 5.92 Å². The van der Waals surface area contributed by atoms with E-state index < -0.39 is 5.97 Å². The molecule has 3 N–H and O–H groups in total. The number of nitrogens with two attached hydrogens (primary N) is 1. The Morgan fingerprint density at radius 2 is 1.91 bits per heavy atom. The number of carboxylic acid groups (broad SMARTS) is 1. The number of hydrogen-bond acceptors (Lipinski definition) is 2. The lowest BCUT2D eigenvalue weighted by Crippen LogP contribution is -2.06. The molecule has 0 aromatic heterocycles. The number of hydrogen-bond donors (Lipinski definition) is 2. The number of carboxylic acids is 1. The predicted molar refractivity (Wildman–Crippen MR) is 39.8 cm³/mol. The number of carbonyl (C=O) groups is 2. The monoisotopic (exact) mass is 159 g/mol. The van der Waals surface area contributed by atoms with E-state index in [1.54, 1.807) is 6.92 Å². The maximum atomic E-state index is 9.76. The summed E-state index contributed by atoms with van der Waals surface area (Å²) in [6, 6.07) is 0. The van der Waals surface area contributed by atoms with Crippen LogP contribution in [0.3, 0.4) is 0 Å². The zero-order valence-corrected chi connectivity index (χ0v) is 6.54. The van der Waals surface area contributed by atoms with Crippen LogP contribution in [0.5, 0.6) is 0 Å². The van der Waals surface area contributed by atoms with Crippen molar-refractivity contribution in [1.82, 2.24) is 0 Å². The Bertz CT molecular complexity index is 152. The van der Waals surface area contributed by atoms with Crippen LogP contribution in [0.4, 0.5) is 0 Å². The second-order valence-corrected chi connectivity index (χ2v) is 2.43. The van der Waals surface area contributed by atoms with Crippen LogP contribution in [0.25, 0.3) is 0 Å². The van der Waals surface area contributed by atoms with Crippen molar-refractivity contribution in [1.29, 1.82) is 0 Å². The SMILES string of the molecule is CCC(N)=O.O=C(O)C1CC1. The van der Waals surface area contributed by atoms with Crippen molar-refractivity contribution in [3.63, 3.8) is 0 Å². The maximum Gasteiger partial charge on any atom is 0.306 e. The van der Waals surface area contributed by atoms with Crippen LogP contribution in [0.1, 0.15) is 26.2 Å². The van der Waals surface area contributed by atoms with Gasteiger partial charge in [-0.2, -0.15) is 0 Å². The molecule has 11 heavy (non-hydrogen) atoms. The minimum Gasteiger partial charge on any atom is -0.481 e. The van der Waals surface area contributed by atoms with Crippen LogP contribution >= 0.6 is 0 Å². The van der Waals surface area contributed by atoms with E-state index in [-0.39, 0.29) is 11.8 Å². The molecule has 0 unspecified atom stereocenters. The Hall–Kier alpha value is -1.06. The Kier molecular flexibility index (Phi) is 4.26. The van der Waals surface area contributed by atoms with Crippen LogP contribution in [-0.2, 0) is 9.59 Å². The molecule has 4 heteroatoms. The fourth-order valence-electron chi connectivity index (χ4n) is 0.330. The second kappa shape index (κ2) is 4.71. The van der Waals surface area contributed by atoms with E-state index in [0.29, 0.717) is 6.42 Å². The molecule has 1 aliphatic carbocycles. The molecule has 0 aromatic rings. The molecule has 1 rings (SSSR count). The van der Waals surface area contributed by atoms with Gasteiger partial charge in [-0.15, -0.1) is 0 Å². The average molecular weight is 159 g/mol. The summed E-state index contributed by atoms with van der Waals surface area (Å²) in [5.41, 5.74) is 4.65. The zero-order valence-electron chi connectivity index (χ0n) is 6.54. The van der Waals surface area contributed by atoms with E-state index in [1.807, 2.05) is 0 Å². The van der Waals surface area contributed by atoms with Gasteiger partial charge in [0, 0.05) is 6.42 Å². The Labute approximate surface area is 65.4 Å². The van der Waals surface area contributed by atoms with Gasteiger partial charge < -0.3 is 10.8 Å². The summed E-state index contributed by atoms with van der Waals surface area (Å²) in [5.74, 6) is -0.856. The Morgan fingerprint density at radius 3 is 1.91 bits per heavy atom. The highest BCUT2D eigenvalue weighted by Crippen LogP contribution is 2.28. The molecule has 0 heterocycles. The van der Waals surface area contributed by atoms with Gasteiger partial charge in [0.15, 0.2) is 0 Å². The van der Waals surface area contributed by atoms with E-state index in [0.717, 1.165) is 12.8 Å². The normalized spacial score (nSPS) is 14.6. The van der Waals surface area contributed by atoms with Gasteiger partial charge in [0.25, 0.3) is 0 Å². The largest absolute Gasteiger partial charge is 0.481 e. The summed E-state index contributed by atoms with van der Waals surface area (Å²) >= 11 is 0. The first-order chi connectivity index (χ1) is 5.07. The molecular formula is C7H13NO3. The summed E-state index contributed by atoms with van der Waals surface area (Å²) < 4.78 is 0. The van der Waals surface area contributed by atoms with E-state index in [2.05, 4.69) is 5.73 Å². The quantitative estimate of drug-likeness (QED) is 0.610. The van der Waals surface area contributed by atoms with Gasteiger partial charge in [-0.1, -0.05) is 6.92 Å². The smallest absolute Gasteiger partial charge is 0.306 e. The highest BCUT2D eigenvalue weighted by molar-refractivity contribution is 5.73. The Balaban J connectivity index is 0.000000187. The third-order valence-corrected chi connectivity index (χ3v) is 1.28. The van der Waals surface area contributed by atoms with Gasteiger partial charge in [-0.3, -0.25) is 9.59 Å². The lowest BCUT2D eigenvalue weighted by Gasteiger charge is -1.75. The fourth-order valence-corrected chi connectivity index (χ4v) is 0.330. The molecule has 0 aliphatic heterocycles. The topological polar surface area (TPSA) is 80.4 Å². The highest BCUT2D eigenvalue weighted by Gasteiger charge is 2.28. The number of primary amides is 1. The first-order valence-corrected chi connectivity index (χ1v) is 3.59. The summed E-state index contributed by atoms with van der Waals surface area (Å²) in [6.07, 6.45) is 2.24. The summed E-state index contributed by atoms with van der Waals surface area (Å²) in [6.45, 7) is 1.72. The number of aliphatic carboxylic acids is 1. The first-order valence-electron chi connectivity index (χ1n) is 3.59. The number of amides is 1. The van der Waals surface area contributed by atoms with Crippen molar-refractivity contribution in [2.24, 2.45) is 11.7 Å². The molecule has 1 amide bonds. The highest BCUT2D eigenvalue weighted by atomic mass is 16.4. The third kappa shape index (κ3) is 6.83. The van der Waals surface area contributed by atoms with Gasteiger partial charge in [0.2, 0.25) is 5.91 Å². The molecule has 4 nitrogen and oxygen atoms in total. The van der Waals surface area contributed by atoms with Gasteiger partial charge in [-0.25, -0.2) is 0 Å². The molecule has 1 fully saturated rings. The van der Waals surface area contributed by atoms with Crippen molar-refractivity contribution < 1.29 is 14.7 Å². The van der Waals surface area contributed by atoms with Crippen molar-refractivity contribution in [3.8, 4) is 0 Å². The number of carbonyl (C=O) groups excluding carboxylic acids is 1. The minimum atomic E-state index is -0.630. The third-order valence-electron chi connectivity index (χ3n) is 1.28. The molecule has 64 valence electrons. The lowest BCUT2D eigenvalue weighted by atomic mass is 10.5. The standard InChI is InChI=1S/C4H6O2.C3H7NO/c5-4(6)3-1-2-3;1-2-3(4)5/h3H,1-2H2,(H,5,6);2H2,1H3,(H2,4,5). The zero-order chi connectivity index (χ0) is 8.85. The van der Waals surface area contributed by atoms with Crippen LogP contribution in [0.15, 0.2) is 0 Å². The second-order valence-electron chi connectivity index (χ2n) is 2.43. The first kappa shape index (κ1) is 9.94. The van der Waals surface area contributed by atoms with Crippen LogP contribution < -0.4 is 5.73 Å². The fraction of sp³-hybridized carbons (Fsp3) is 0.714. The predicted octanol–water partition coefficient (Wildman–Crippen LogP) is 0.363. The van der Waals surface area contributed by atoms with Gasteiger partial charge >= 0.3 is 5.97 Å². The molecule has 0 saturated heterocycles. The van der Waals surface area contributed by atoms with E-state index >= 15 is 0 Å². The van der Waals surface area contributed by atoms with E-state index in [9.17, 15) is 9.59 Å². The van der Waals surface area contributed by atoms with Crippen molar-refractivity contribution >= 4 is 11.9 Å². The molecule has 0 aromatic carbocycles. The van der Waals surface area contributed by atoms with Crippen LogP contribution in [-0.4, -0.2) is 17.0 Å². The molecule has 0 radical (unpaired) electrons. The van der Waals surface area contributed by atoms with E-state index in [4.69, 9.17) is 5.11 Å². The summed E-state index contributed by atoms with van der Waals surface area (Å²) in [5, 5.41) is 8.05. The van der Waals surface area contributed by atoms with Crippen molar-refractivity contribution in [2.45, 2.75) is 26.2 Å². The maximum absolute atomic E-state index is 9.76. The molecule has 0 spiro atoms. The molecular weight excluding hydrogens is 146 g/mol. The molecule has 0 bridgehead atoms. The van der Waals surface area contributed by atoms with Crippen molar-refractivity contribution in [2.75, 3.05) is 0 Å². The van der Waals surface area contributed by atoms with Crippen LogP contribution in [0.2, 0.25) is 0 Å². The van der Waals surface area contributed by atoms with E-state index in [1.165, 1.54) is 0 Å². The van der Waals surface area contributed by atoms with Crippen molar-refractivity contribution in [3.05, 3.63) is 0 Å². The molecule has 1 aliphatic rings. The number of rotatable bonds is 2. The molecule has 0 atom stereocenters. The van der Waals surface area contributed by atoms with Gasteiger partial charge in [-0.05, 0) is 12.8 Å². The van der Waals surface area contributed by atoms with Gasteiger partial charge in [0.1, 0.15) is 0 Å². The minimum absolute atomic E-state index is 0.0185. The Morgan fingerprint density at radius 1 is 1.55 bits per heavy atom. The molecule has 1 saturated carbocycles. The lowest BCUT2D eigenvalue weighted by molar-refractivity contribution is -0.138. The summed E-state index contributed by atoms with van der Waals surface area (Å²) in [7, 11) is 0. The van der Waals surface area contributed by atoms with Gasteiger partial charge in [0.05, 0.1) is 5.92 Å².